The lowest BCUT2D eigenvalue weighted by molar-refractivity contribution is 0.358. The van der Waals surface area contributed by atoms with Crippen molar-refractivity contribution in [1.29, 1.82) is 0 Å². The van der Waals surface area contributed by atoms with Gasteiger partial charge in [-0.3, -0.25) is 4.98 Å². The van der Waals surface area contributed by atoms with Crippen LogP contribution in [0.25, 0.3) is 11.3 Å². The molecule has 0 bridgehead atoms. The van der Waals surface area contributed by atoms with Crippen LogP contribution in [0.1, 0.15) is 12.0 Å². The van der Waals surface area contributed by atoms with Gasteiger partial charge in [0, 0.05) is 42.1 Å². The molecule has 1 aliphatic heterocycles. The molecule has 1 fully saturated rings. The number of pyridine rings is 1. The highest BCUT2D eigenvalue weighted by molar-refractivity contribution is 7.99. The quantitative estimate of drug-likeness (QED) is 0.810. The number of hydrogen-bond acceptors (Lipinski definition) is 3. The first-order chi connectivity index (χ1) is 11.2. The van der Waals surface area contributed by atoms with Crippen LogP contribution in [0.2, 0.25) is 0 Å². The van der Waals surface area contributed by atoms with Gasteiger partial charge in [0.2, 0.25) is 0 Å². The van der Waals surface area contributed by atoms with E-state index in [1.165, 1.54) is 23.1 Å². The molecule has 0 spiro atoms. The average molecular weight is 328 g/mol. The minimum atomic E-state index is -0.228. The second-order valence-electron chi connectivity index (χ2n) is 5.74. The van der Waals surface area contributed by atoms with Gasteiger partial charge in [0.05, 0.1) is 5.69 Å². The van der Waals surface area contributed by atoms with Gasteiger partial charge in [-0.25, -0.2) is 4.39 Å². The molecule has 2 aromatic rings. The summed E-state index contributed by atoms with van der Waals surface area (Å²) >= 11 is 1.96. The van der Waals surface area contributed by atoms with Gasteiger partial charge in [0.15, 0.2) is 0 Å². The standard InChI is InChI=1S/C19H21FN2S/c1-15-14-23-12-11-22(15)10-4-5-16-8-9-19(21-13-16)17-6-2-3-7-18(17)20/h2-3,6-9,13H,1,4-5,10-12,14H2. The van der Waals surface area contributed by atoms with Crippen LogP contribution in [-0.4, -0.2) is 34.5 Å². The topological polar surface area (TPSA) is 16.1 Å². The molecule has 3 rings (SSSR count). The Morgan fingerprint density at radius 2 is 2.09 bits per heavy atom. The zero-order chi connectivity index (χ0) is 16.1. The van der Waals surface area contributed by atoms with Crippen molar-refractivity contribution in [2.75, 3.05) is 24.6 Å². The molecule has 2 heterocycles. The van der Waals surface area contributed by atoms with Gasteiger partial charge in [-0.2, -0.15) is 11.8 Å². The molecule has 1 aliphatic rings. The van der Waals surface area contributed by atoms with Crippen LogP contribution < -0.4 is 0 Å². The summed E-state index contributed by atoms with van der Waals surface area (Å²) in [6.07, 6.45) is 3.94. The van der Waals surface area contributed by atoms with Crippen LogP contribution >= 0.6 is 11.8 Å². The fourth-order valence-corrected chi connectivity index (χ4v) is 3.67. The molecule has 0 amide bonds. The van der Waals surface area contributed by atoms with Crippen LogP contribution in [-0.2, 0) is 6.42 Å². The lowest BCUT2D eigenvalue weighted by atomic mass is 10.1. The van der Waals surface area contributed by atoms with E-state index < -0.39 is 0 Å². The first-order valence-electron chi connectivity index (χ1n) is 7.94. The smallest absolute Gasteiger partial charge is 0.132 e. The molecular formula is C19H21FN2S. The molecule has 0 atom stereocenters. The van der Waals surface area contributed by atoms with Gasteiger partial charge < -0.3 is 4.90 Å². The zero-order valence-electron chi connectivity index (χ0n) is 13.2. The van der Waals surface area contributed by atoms with Crippen molar-refractivity contribution in [3.05, 3.63) is 66.3 Å². The molecular weight excluding hydrogens is 307 g/mol. The van der Waals surface area contributed by atoms with E-state index in [4.69, 9.17) is 0 Å². The van der Waals surface area contributed by atoms with E-state index in [1.807, 2.05) is 30.1 Å². The Morgan fingerprint density at radius 1 is 1.22 bits per heavy atom. The van der Waals surface area contributed by atoms with Crippen molar-refractivity contribution in [3.8, 4) is 11.3 Å². The van der Waals surface area contributed by atoms with Crippen LogP contribution in [0.15, 0.2) is 54.9 Å². The van der Waals surface area contributed by atoms with Crippen LogP contribution in [0.3, 0.4) is 0 Å². The van der Waals surface area contributed by atoms with Crippen LogP contribution in [0, 0.1) is 5.82 Å². The highest BCUT2D eigenvalue weighted by Crippen LogP contribution is 2.21. The molecule has 120 valence electrons. The van der Waals surface area contributed by atoms with E-state index in [9.17, 15) is 4.39 Å². The maximum atomic E-state index is 13.8. The SMILES string of the molecule is C=C1CSCCN1CCCc1ccc(-c2ccccc2F)nc1. The van der Waals surface area contributed by atoms with E-state index >= 15 is 0 Å². The van der Waals surface area contributed by atoms with Gasteiger partial charge in [-0.1, -0.05) is 24.8 Å². The number of halogens is 1. The first-order valence-corrected chi connectivity index (χ1v) is 9.10. The Bertz CT molecular complexity index is 669. The van der Waals surface area contributed by atoms with Crippen LogP contribution in [0.4, 0.5) is 4.39 Å². The Labute approximate surface area is 141 Å². The highest BCUT2D eigenvalue weighted by atomic mass is 32.2. The number of rotatable bonds is 5. The fraction of sp³-hybridized carbons (Fsp3) is 0.316. The molecule has 0 unspecified atom stereocenters. The third-order valence-corrected chi connectivity index (χ3v) is 5.10. The number of hydrogen-bond donors (Lipinski definition) is 0. The van der Waals surface area contributed by atoms with E-state index in [-0.39, 0.29) is 5.82 Å². The summed E-state index contributed by atoms with van der Waals surface area (Å²) in [4.78, 5) is 6.80. The Balaban J connectivity index is 1.56. The molecule has 1 aromatic carbocycles. The normalized spacial score (nSPS) is 15.0. The Hall–Kier alpha value is -1.81. The fourth-order valence-electron chi connectivity index (χ4n) is 2.76. The maximum Gasteiger partial charge on any atom is 0.132 e. The van der Waals surface area contributed by atoms with E-state index in [2.05, 4.69) is 22.5 Å². The molecule has 23 heavy (non-hydrogen) atoms. The zero-order valence-corrected chi connectivity index (χ0v) is 14.0. The maximum absolute atomic E-state index is 13.8. The van der Waals surface area contributed by atoms with Crippen molar-refractivity contribution in [2.45, 2.75) is 12.8 Å². The van der Waals surface area contributed by atoms with Gasteiger partial charge >= 0.3 is 0 Å². The summed E-state index contributed by atoms with van der Waals surface area (Å²) in [5.41, 5.74) is 3.69. The van der Waals surface area contributed by atoms with Gasteiger partial charge in [0.1, 0.15) is 5.82 Å². The summed E-state index contributed by atoms with van der Waals surface area (Å²) in [5.74, 6) is 2.02. The molecule has 0 aliphatic carbocycles. The van der Waals surface area contributed by atoms with E-state index in [0.717, 1.165) is 31.7 Å². The summed E-state index contributed by atoms with van der Waals surface area (Å²) < 4.78 is 13.8. The summed E-state index contributed by atoms with van der Waals surface area (Å²) in [7, 11) is 0. The van der Waals surface area contributed by atoms with Gasteiger partial charge in [0.25, 0.3) is 0 Å². The monoisotopic (exact) mass is 328 g/mol. The number of thioether (sulfide) groups is 1. The third kappa shape index (κ3) is 4.14. The summed E-state index contributed by atoms with van der Waals surface area (Å²) in [6, 6.07) is 10.7. The van der Waals surface area contributed by atoms with Crippen molar-refractivity contribution < 1.29 is 4.39 Å². The highest BCUT2D eigenvalue weighted by Gasteiger charge is 2.12. The number of aromatic nitrogens is 1. The molecule has 0 saturated carbocycles. The van der Waals surface area contributed by atoms with Crippen LogP contribution in [0.5, 0.6) is 0 Å². The minimum Gasteiger partial charge on any atom is -0.374 e. The minimum absolute atomic E-state index is 0.228. The first kappa shape index (κ1) is 16.1. The van der Waals surface area contributed by atoms with Crippen molar-refractivity contribution in [1.82, 2.24) is 9.88 Å². The Morgan fingerprint density at radius 3 is 2.83 bits per heavy atom. The molecule has 4 heteroatoms. The molecule has 0 radical (unpaired) electrons. The number of benzene rings is 1. The molecule has 1 aromatic heterocycles. The second kappa shape index (κ2) is 7.64. The second-order valence-corrected chi connectivity index (χ2v) is 6.85. The van der Waals surface area contributed by atoms with Crippen molar-refractivity contribution in [2.24, 2.45) is 0 Å². The summed E-state index contributed by atoms with van der Waals surface area (Å²) in [6.45, 7) is 6.29. The van der Waals surface area contributed by atoms with Crippen molar-refractivity contribution in [3.63, 3.8) is 0 Å². The largest absolute Gasteiger partial charge is 0.374 e. The number of nitrogens with zero attached hydrogens (tertiary/aromatic N) is 2. The molecule has 1 saturated heterocycles. The van der Waals surface area contributed by atoms with E-state index in [1.54, 1.807) is 12.1 Å². The van der Waals surface area contributed by atoms with Gasteiger partial charge in [-0.15, -0.1) is 0 Å². The predicted molar refractivity (Wildman–Crippen MR) is 96.0 cm³/mol. The number of aryl methyl sites for hydroxylation is 1. The Kier molecular flexibility index (Phi) is 5.34. The summed E-state index contributed by atoms with van der Waals surface area (Å²) in [5, 5.41) is 0. The molecule has 0 N–H and O–H groups in total. The predicted octanol–water partition coefficient (Wildman–Crippen LogP) is 4.38. The lowest BCUT2D eigenvalue weighted by Gasteiger charge is -2.30. The van der Waals surface area contributed by atoms with E-state index in [0.29, 0.717) is 11.3 Å². The van der Waals surface area contributed by atoms with Gasteiger partial charge in [-0.05, 0) is 36.6 Å². The molecule has 2 nitrogen and oxygen atoms in total. The lowest BCUT2D eigenvalue weighted by Crippen LogP contribution is -2.31. The van der Waals surface area contributed by atoms with Crippen molar-refractivity contribution >= 4 is 11.8 Å². The third-order valence-electron chi connectivity index (χ3n) is 4.09. The average Bonchev–Trinajstić information content (AvgIpc) is 2.58.